The maximum atomic E-state index is 5.66. The third-order valence-corrected chi connectivity index (χ3v) is 6.63. The van der Waals surface area contributed by atoms with Crippen LogP contribution in [0.5, 0.6) is 11.5 Å². The number of methoxy groups -OCH3 is 2. The molecule has 0 unspecified atom stereocenters. The SMILES string of the molecule is COc1ccccc1N=c1scc(-c2ccccc2OC)n1CCc1c[nH]c2ccccc12. The topological polar surface area (TPSA) is 51.5 Å². The van der Waals surface area contributed by atoms with Gasteiger partial charge in [-0.2, -0.15) is 0 Å². The molecule has 3 aromatic carbocycles. The Bertz CT molecular complexity index is 1460. The Morgan fingerprint density at radius 1 is 0.879 bits per heavy atom. The number of nitrogens with zero attached hydrogens (tertiary/aromatic N) is 2. The van der Waals surface area contributed by atoms with E-state index in [9.17, 15) is 0 Å². The van der Waals surface area contributed by atoms with E-state index >= 15 is 0 Å². The van der Waals surface area contributed by atoms with Crippen LogP contribution in [0, 0.1) is 0 Å². The van der Waals surface area contributed by atoms with Gasteiger partial charge < -0.3 is 19.0 Å². The summed E-state index contributed by atoms with van der Waals surface area (Å²) in [6.07, 6.45) is 2.99. The number of aromatic nitrogens is 2. The summed E-state index contributed by atoms with van der Waals surface area (Å²) in [5.74, 6) is 1.60. The number of rotatable bonds is 7. The summed E-state index contributed by atoms with van der Waals surface area (Å²) < 4.78 is 13.5. The molecule has 6 heteroatoms. The monoisotopic (exact) mass is 455 g/mol. The van der Waals surface area contributed by atoms with Crippen LogP contribution < -0.4 is 14.3 Å². The van der Waals surface area contributed by atoms with Gasteiger partial charge in [-0.1, -0.05) is 42.5 Å². The van der Waals surface area contributed by atoms with Gasteiger partial charge in [0.05, 0.1) is 19.9 Å². The molecule has 5 aromatic rings. The van der Waals surface area contributed by atoms with E-state index < -0.39 is 0 Å². The van der Waals surface area contributed by atoms with Crippen LogP contribution in [0.1, 0.15) is 5.56 Å². The van der Waals surface area contributed by atoms with Gasteiger partial charge in [0.25, 0.3) is 0 Å². The number of aryl methyl sites for hydroxylation is 1. The Morgan fingerprint density at radius 3 is 2.45 bits per heavy atom. The molecule has 0 bridgehead atoms. The van der Waals surface area contributed by atoms with Crippen LogP contribution in [0.4, 0.5) is 5.69 Å². The minimum absolute atomic E-state index is 0.757. The second-order valence-electron chi connectivity index (χ2n) is 7.65. The Kier molecular flexibility index (Phi) is 6.00. The summed E-state index contributed by atoms with van der Waals surface area (Å²) in [5, 5.41) is 3.41. The maximum absolute atomic E-state index is 5.66. The number of fused-ring (bicyclic) bond motifs is 1. The van der Waals surface area contributed by atoms with Gasteiger partial charge in [-0.3, -0.25) is 0 Å². The lowest BCUT2D eigenvalue weighted by molar-refractivity contribution is 0.415. The van der Waals surface area contributed by atoms with Crippen LogP contribution in [0.15, 0.2) is 89.4 Å². The van der Waals surface area contributed by atoms with Crippen molar-refractivity contribution in [1.82, 2.24) is 9.55 Å². The minimum Gasteiger partial charge on any atom is -0.496 e. The van der Waals surface area contributed by atoms with Crippen molar-refractivity contribution in [3.8, 4) is 22.8 Å². The molecule has 1 N–H and O–H groups in total. The number of thiazole rings is 1. The summed E-state index contributed by atoms with van der Waals surface area (Å²) in [4.78, 5) is 9.29. The first-order valence-corrected chi connectivity index (χ1v) is 11.7. The fourth-order valence-corrected chi connectivity index (χ4v) is 5.04. The molecule has 33 heavy (non-hydrogen) atoms. The molecule has 0 saturated heterocycles. The van der Waals surface area contributed by atoms with Crippen molar-refractivity contribution in [1.29, 1.82) is 0 Å². The zero-order valence-corrected chi connectivity index (χ0v) is 19.4. The van der Waals surface area contributed by atoms with E-state index in [1.807, 2.05) is 42.5 Å². The molecule has 0 saturated carbocycles. The first-order chi connectivity index (χ1) is 16.3. The molecule has 0 radical (unpaired) electrons. The highest BCUT2D eigenvalue weighted by Crippen LogP contribution is 2.31. The summed E-state index contributed by atoms with van der Waals surface area (Å²) in [7, 11) is 3.38. The number of aromatic amines is 1. The standard InChI is InChI=1S/C27H25N3O2S/c1-31-25-13-7-4-10-21(25)24-18-33-27(29-23-12-6-8-14-26(23)32-2)30(24)16-15-19-17-28-22-11-5-3-9-20(19)22/h3-14,17-18,28H,15-16H2,1-2H3. The fraction of sp³-hybridized carbons (Fsp3) is 0.148. The maximum Gasteiger partial charge on any atom is 0.190 e. The molecule has 0 amide bonds. The molecule has 0 aliphatic heterocycles. The molecule has 0 spiro atoms. The Labute approximate surface area is 196 Å². The highest BCUT2D eigenvalue weighted by molar-refractivity contribution is 7.07. The highest BCUT2D eigenvalue weighted by atomic mass is 32.1. The Hall–Kier alpha value is -3.77. The number of hydrogen-bond donors (Lipinski definition) is 1. The summed E-state index contributed by atoms with van der Waals surface area (Å²) in [6, 6.07) is 24.4. The highest BCUT2D eigenvalue weighted by Gasteiger charge is 2.14. The lowest BCUT2D eigenvalue weighted by Crippen LogP contribution is -2.17. The quantitative estimate of drug-likeness (QED) is 0.318. The van der Waals surface area contributed by atoms with E-state index in [0.717, 1.165) is 51.7 Å². The van der Waals surface area contributed by atoms with E-state index in [-0.39, 0.29) is 0 Å². The molecular weight excluding hydrogens is 430 g/mol. The molecule has 5 rings (SSSR count). The summed E-state index contributed by atoms with van der Waals surface area (Å²) in [5.41, 5.74) is 5.40. The fourth-order valence-electron chi connectivity index (χ4n) is 4.10. The third-order valence-electron chi connectivity index (χ3n) is 5.76. The van der Waals surface area contributed by atoms with Crippen LogP contribution in [0.25, 0.3) is 22.2 Å². The van der Waals surface area contributed by atoms with Crippen molar-refractivity contribution in [3.63, 3.8) is 0 Å². The second-order valence-corrected chi connectivity index (χ2v) is 8.49. The van der Waals surface area contributed by atoms with Crippen molar-refractivity contribution in [2.45, 2.75) is 13.0 Å². The lowest BCUT2D eigenvalue weighted by atomic mass is 10.1. The minimum atomic E-state index is 0.757. The molecule has 0 atom stereocenters. The number of ether oxygens (including phenoxy) is 2. The van der Waals surface area contributed by atoms with Crippen LogP contribution in [-0.4, -0.2) is 23.8 Å². The van der Waals surface area contributed by atoms with Crippen molar-refractivity contribution in [2.75, 3.05) is 14.2 Å². The summed E-state index contributed by atoms with van der Waals surface area (Å²) in [6.45, 7) is 0.784. The van der Waals surface area contributed by atoms with Crippen LogP contribution in [0.3, 0.4) is 0 Å². The lowest BCUT2D eigenvalue weighted by Gasteiger charge is -2.12. The van der Waals surface area contributed by atoms with Crippen molar-refractivity contribution in [2.24, 2.45) is 4.99 Å². The number of H-pyrrole nitrogens is 1. The number of hydrogen-bond acceptors (Lipinski definition) is 4. The van der Waals surface area contributed by atoms with Gasteiger partial charge in [0.15, 0.2) is 4.80 Å². The largest absolute Gasteiger partial charge is 0.496 e. The van der Waals surface area contributed by atoms with Crippen molar-refractivity contribution < 1.29 is 9.47 Å². The van der Waals surface area contributed by atoms with Crippen LogP contribution >= 0.6 is 11.3 Å². The third kappa shape index (κ3) is 4.17. The molecule has 0 aliphatic carbocycles. The molecule has 5 nitrogen and oxygen atoms in total. The Morgan fingerprint density at radius 2 is 1.61 bits per heavy atom. The predicted octanol–water partition coefficient (Wildman–Crippen LogP) is 6.19. The van der Waals surface area contributed by atoms with E-state index in [4.69, 9.17) is 14.5 Å². The van der Waals surface area contributed by atoms with Gasteiger partial charge in [0, 0.05) is 34.6 Å². The Balaban J connectivity index is 1.61. The second kappa shape index (κ2) is 9.38. The number of para-hydroxylation sites is 4. The molecular formula is C27H25N3O2S. The van der Waals surface area contributed by atoms with E-state index in [1.54, 1.807) is 25.6 Å². The average molecular weight is 456 g/mol. The molecule has 0 aliphatic rings. The van der Waals surface area contributed by atoms with Gasteiger partial charge in [-0.05, 0) is 42.3 Å². The smallest absolute Gasteiger partial charge is 0.190 e. The first-order valence-electron chi connectivity index (χ1n) is 10.8. The number of nitrogens with one attached hydrogen (secondary N) is 1. The normalized spacial score (nSPS) is 11.8. The van der Waals surface area contributed by atoms with Crippen molar-refractivity contribution >= 4 is 27.9 Å². The van der Waals surface area contributed by atoms with Crippen LogP contribution in [0.2, 0.25) is 0 Å². The zero-order chi connectivity index (χ0) is 22.6. The van der Waals surface area contributed by atoms with Gasteiger partial charge in [0.2, 0.25) is 0 Å². The molecule has 2 heterocycles. The van der Waals surface area contributed by atoms with E-state index in [0.29, 0.717) is 0 Å². The van der Waals surface area contributed by atoms with Gasteiger partial charge in [-0.15, -0.1) is 11.3 Å². The predicted molar refractivity (Wildman–Crippen MR) is 135 cm³/mol. The van der Waals surface area contributed by atoms with Crippen molar-refractivity contribution in [3.05, 3.63) is 94.7 Å². The van der Waals surface area contributed by atoms with Gasteiger partial charge >= 0.3 is 0 Å². The van der Waals surface area contributed by atoms with E-state index in [2.05, 4.69) is 51.5 Å². The zero-order valence-electron chi connectivity index (χ0n) is 18.6. The van der Waals surface area contributed by atoms with Gasteiger partial charge in [-0.25, -0.2) is 4.99 Å². The first kappa shape index (κ1) is 21.1. The molecule has 166 valence electrons. The molecule has 2 aromatic heterocycles. The average Bonchev–Trinajstić information content (AvgIpc) is 3.46. The summed E-state index contributed by atoms with van der Waals surface area (Å²) >= 11 is 1.62. The van der Waals surface area contributed by atoms with E-state index in [1.165, 1.54) is 10.9 Å². The molecule has 0 fully saturated rings. The number of benzene rings is 3. The van der Waals surface area contributed by atoms with Gasteiger partial charge in [0.1, 0.15) is 17.2 Å². The van der Waals surface area contributed by atoms with Crippen LogP contribution in [-0.2, 0) is 13.0 Å².